The first-order valence-corrected chi connectivity index (χ1v) is 11.1. The van der Waals surface area contributed by atoms with Crippen LogP contribution in [0.3, 0.4) is 0 Å². The quantitative estimate of drug-likeness (QED) is 0.653. The van der Waals surface area contributed by atoms with Gasteiger partial charge < -0.3 is 14.6 Å². The number of carbonyl (C=O) groups is 3. The zero-order chi connectivity index (χ0) is 22.9. The maximum Gasteiger partial charge on any atom is 0.325 e. The van der Waals surface area contributed by atoms with E-state index in [-0.39, 0.29) is 29.0 Å². The van der Waals surface area contributed by atoms with Gasteiger partial charge in [0.2, 0.25) is 0 Å². The number of urea groups is 1. The summed E-state index contributed by atoms with van der Waals surface area (Å²) >= 11 is 6.06. The number of halogens is 2. The van der Waals surface area contributed by atoms with Gasteiger partial charge in [-0.15, -0.1) is 0 Å². The molecular weight excluding hydrogens is 437 g/mol. The number of hydrogen-bond donors (Lipinski definition) is 1. The molecule has 1 unspecified atom stereocenters. The average molecular weight is 462 g/mol. The Bertz CT molecular complexity index is 1000. The lowest BCUT2D eigenvalue weighted by atomic mass is 9.74. The summed E-state index contributed by atoms with van der Waals surface area (Å²) < 4.78 is 19.5. The molecule has 9 heteroatoms. The minimum atomic E-state index is -1.01. The predicted molar refractivity (Wildman–Crippen MR) is 115 cm³/mol. The van der Waals surface area contributed by atoms with E-state index in [2.05, 4.69) is 5.32 Å². The van der Waals surface area contributed by atoms with Gasteiger partial charge in [0.05, 0.1) is 23.4 Å². The van der Waals surface area contributed by atoms with Crippen LogP contribution in [-0.4, -0.2) is 46.3 Å². The highest BCUT2D eigenvalue weighted by Crippen LogP contribution is 2.38. The molecule has 4 amide bonds. The molecular formula is C23H25ClFN3O4. The van der Waals surface area contributed by atoms with Crippen molar-refractivity contribution in [1.82, 2.24) is 15.1 Å². The van der Waals surface area contributed by atoms with Crippen molar-refractivity contribution in [1.29, 1.82) is 0 Å². The fraction of sp³-hybridized carbons (Fsp3) is 0.435. The molecule has 1 atom stereocenters. The molecule has 2 aliphatic rings. The zero-order valence-corrected chi connectivity index (χ0v) is 18.5. The molecule has 170 valence electrons. The van der Waals surface area contributed by atoms with Crippen LogP contribution >= 0.6 is 11.6 Å². The third-order valence-electron chi connectivity index (χ3n) is 6.40. The summed E-state index contributed by atoms with van der Waals surface area (Å²) in [5.41, 5.74) is -1.14. The number of piperidine rings is 1. The van der Waals surface area contributed by atoms with Crippen LogP contribution in [-0.2, 0) is 11.3 Å². The van der Waals surface area contributed by atoms with Crippen LogP contribution in [0.1, 0.15) is 48.7 Å². The van der Waals surface area contributed by atoms with E-state index < -0.39 is 23.3 Å². The summed E-state index contributed by atoms with van der Waals surface area (Å²) in [5, 5.41) is 3.03. The molecule has 2 aliphatic heterocycles. The van der Waals surface area contributed by atoms with Crippen molar-refractivity contribution in [2.24, 2.45) is 5.92 Å². The summed E-state index contributed by atoms with van der Waals surface area (Å²) in [6, 6.07) is 7.15. The number of carbonyl (C=O) groups excluding carboxylic acids is 3. The molecule has 0 spiro atoms. The molecule has 1 aromatic heterocycles. The second-order valence-electron chi connectivity index (χ2n) is 8.29. The van der Waals surface area contributed by atoms with Crippen molar-refractivity contribution in [3.8, 4) is 0 Å². The highest BCUT2D eigenvalue weighted by Gasteiger charge is 2.55. The molecule has 0 aliphatic carbocycles. The SMILES string of the molecule is CCCC1(C2CCN(C(=O)c3c(F)cccc3Cl)CC2)NC(=O)N(Cc2ccco2)C1=O. The first-order valence-electron chi connectivity index (χ1n) is 10.8. The monoisotopic (exact) mass is 461 g/mol. The fourth-order valence-corrected chi connectivity index (χ4v) is 5.07. The maximum atomic E-state index is 14.2. The van der Waals surface area contributed by atoms with Crippen LogP contribution in [0.4, 0.5) is 9.18 Å². The Morgan fingerprint density at radius 1 is 1.25 bits per heavy atom. The summed E-state index contributed by atoms with van der Waals surface area (Å²) in [7, 11) is 0. The summed E-state index contributed by atoms with van der Waals surface area (Å²) in [5.74, 6) is -0.984. The van der Waals surface area contributed by atoms with Crippen LogP contribution in [0, 0.1) is 11.7 Å². The molecule has 2 fully saturated rings. The van der Waals surface area contributed by atoms with Crippen LogP contribution in [0.2, 0.25) is 5.02 Å². The van der Waals surface area contributed by atoms with Gasteiger partial charge in [0.1, 0.15) is 17.1 Å². The summed E-state index contributed by atoms with van der Waals surface area (Å²) in [6.07, 6.45) is 3.74. The first kappa shape index (κ1) is 22.3. The minimum Gasteiger partial charge on any atom is -0.467 e. The van der Waals surface area contributed by atoms with E-state index in [0.29, 0.717) is 44.5 Å². The van der Waals surface area contributed by atoms with E-state index in [1.807, 2.05) is 6.92 Å². The first-order chi connectivity index (χ1) is 15.4. The highest BCUT2D eigenvalue weighted by atomic mass is 35.5. The normalized spacial score (nSPS) is 21.8. The van der Waals surface area contributed by atoms with E-state index in [1.165, 1.54) is 29.4 Å². The van der Waals surface area contributed by atoms with Crippen molar-refractivity contribution in [3.05, 3.63) is 58.8 Å². The highest BCUT2D eigenvalue weighted by molar-refractivity contribution is 6.33. The largest absolute Gasteiger partial charge is 0.467 e. The summed E-state index contributed by atoms with van der Waals surface area (Å²) in [6.45, 7) is 2.74. The van der Waals surface area contributed by atoms with E-state index >= 15 is 0 Å². The van der Waals surface area contributed by atoms with Crippen molar-refractivity contribution in [2.45, 2.75) is 44.7 Å². The average Bonchev–Trinajstić information content (AvgIpc) is 3.37. The third kappa shape index (κ3) is 3.88. The molecule has 7 nitrogen and oxygen atoms in total. The standard InChI is InChI=1S/C23H25ClFN3O4/c1-2-10-23(21(30)28(22(31)26-23)14-16-5-4-13-32-16)15-8-11-27(12-9-15)20(29)19-17(24)6-3-7-18(19)25/h3-7,13,15H,2,8-12,14H2,1H3,(H,26,31). The third-order valence-corrected chi connectivity index (χ3v) is 6.71. The predicted octanol–water partition coefficient (Wildman–Crippen LogP) is 4.22. The van der Waals surface area contributed by atoms with Crippen molar-refractivity contribution >= 4 is 29.4 Å². The Labute approximate surface area is 190 Å². The van der Waals surface area contributed by atoms with E-state index in [4.69, 9.17) is 16.0 Å². The molecule has 0 bridgehead atoms. The van der Waals surface area contributed by atoms with E-state index in [0.717, 1.165) is 0 Å². The van der Waals surface area contributed by atoms with Crippen LogP contribution in [0.5, 0.6) is 0 Å². The number of rotatable bonds is 6. The molecule has 3 heterocycles. The lowest BCUT2D eigenvalue weighted by Gasteiger charge is -2.41. The molecule has 2 aromatic rings. The molecule has 0 radical (unpaired) electrons. The van der Waals surface area contributed by atoms with Gasteiger partial charge >= 0.3 is 6.03 Å². The Balaban J connectivity index is 1.50. The van der Waals surface area contributed by atoms with Gasteiger partial charge in [-0.2, -0.15) is 0 Å². The smallest absolute Gasteiger partial charge is 0.325 e. The molecule has 2 saturated heterocycles. The van der Waals surface area contributed by atoms with Gasteiger partial charge in [-0.1, -0.05) is 31.0 Å². The van der Waals surface area contributed by atoms with Crippen molar-refractivity contribution in [3.63, 3.8) is 0 Å². The van der Waals surface area contributed by atoms with Crippen molar-refractivity contribution < 1.29 is 23.2 Å². The van der Waals surface area contributed by atoms with Crippen LogP contribution in [0.15, 0.2) is 41.0 Å². The second kappa shape index (κ2) is 8.94. The lowest BCUT2D eigenvalue weighted by molar-refractivity contribution is -0.134. The molecule has 1 N–H and O–H groups in total. The van der Waals surface area contributed by atoms with Crippen molar-refractivity contribution in [2.75, 3.05) is 13.1 Å². The van der Waals surface area contributed by atoms with Gasteiger partial charge in [-0.25, -0.2) is 9.18 Å². The molecule has 1 aromatic carbocycles. The van der Waals surface area contributed by atoms with Gasteiger partial charge in [0, 0.05) is 13.1 Å². The Morgan fingerprint density at radius 3 is 2.62 bits per heavy atom. The lowest BCUT2D eigenvalue weighted by Crippen LogP contribution is -2.56. The number of hydrogen-bond acceptors (Lipinski definition) is 4. The number of benzene rings is 1. The minimum absolute atomic E-state index is 0.0754. The topological polar surface area (TPSA) is 82.9 Å². The van der Waals surface area contributed by atoms with Gasteiger partial charge in [0.15, 0.2) is 0 Å². The fourth-order valence-electron chi connectivity index (χ4n) is 4.83. The Morgan fingerprint density at radius 2 is 2.00 bits per heavy atom. The summed E-state index contributed by atoms with van der Waals surface area (Å²) in [4.78, 5) is 41.8. The van der Waals surface area contributed by atoms with Gasteiger partial charge in [-0.3, -0.25) is 14.5 Å². The van der Waals surface area contributed by atoms with Gasteiger partial charge in [0.25, 0.3) is 11.8 Å². The number of imide groups is 1. The molecule has 4 rings (SSSR count). The number of furan rings is 1. The van der Waals surface area contributed by atoms with Crippen LogP contribution in [0.25, 0.3) is 0 Å². The second-order valence-corrected chi connectivity index (χ2v) is 8.69. The number of nitrogens with one attached hydrogen (secondary N) is 1. The molecule has 0 saturated carbocycles. The van der Waals surface area contributed by atoms with Gasteiger partial charge in [-0.05, 0) is 49.4 Å². The van der Waals surface area contributed by atoms with E-state index in [9.17, 15) is 18.8 Å². The molecule has 32 heavy (non-hydrogen) atoms. The Hall–Kier alpha value is -2.87. The number of likely N-dealkylation sites (tertiary alicyclic amines) is 1. The zero-order valence-electron chi connectivity index (χ0n) is 17.8. The number of nitrogens with zero attached hydrogens (tertiary/aromatic N) is 2. The Kier molecular flexibility index (Phi) is 6.24. The maximum absolute atomic E-state index is 14.2. The van der Waals surface area contributed by atoms with E-state index in [1.54, 1.807) is 17.0 Å². The van der Waals surface area contributed by atoms with Crippen LogP contribution < -0.4 is 5.32 Å². The number of amides is 4.